The summed E-state index contributed by atoms with van der Waals surface area (Å²) in [5.41, 5.74) is 2.10. The number of hydrogen-bond donors (Lipinski definition) is 1. The third-order valence-corrected chi connectivity index (χ3v) is 6.55. The molecular formula is C22H20Br2FNO. The topological polar surface area (TPSA) is 29.1 Å². The predicted octanol–water partition coefficient (Wildman–Crippen LogP) is 6.86. The third kappa shape index (κ3) is 4.96. The molecule has 2 unspecified atom stereocenters. The Labute approximate surface area is 175 Å². The van der Waals surface area contributed by atoms with E-state index in [0.717, 1.165) is 25.8 Å². The second-order valence-electron chi connectivity index (χ2n) is 6.88. The number of benzene rings is 2. The Morgan fingerprint density at radius 1 is 1.22 bits per heavy atom. The largest absolute Gasteiger partial charge is 0.322 e. The quantitative estimate of drug-likeness (QED) is 0.358. The van der Waals surface area contributed by atoms with Crippen LogP contribution in [0.3, 0.4) is 0 Å². The molecule has 0 aliphatic heterocycles. The predicted molar refractivity (Wildman–Crippen MR) is 116 cm³/mol. The maximum absolute atomic E-state index is 14.9. The van der Waals surface area contributed by atoms with Gasteiger partial charge in [-0.1, -0.05) is 30.3 Å². The maximum atomic E-state index is 14.9. The van der Waals surface area contributed by atoms with Crippen LogP contribution in [0.25, 0.3) is 0 Å². The Hall–Kier alpha value is -1.72. The highest BCUT2D eigenvalue weighted by molar-refractivity contribution is 9.13. The molecule has 1 fully saturated rings. The van der Waals surface area contributed by atoms with E-state index in [1.807, 2.05) is 49.4 Å². The van der Waals surface area contributed by atoms with Crippen molar-refractivity contribution >= 4 is 43.5 Å². The lowest BCUT2D eigenvalue weighted by Crippen LogP contribution is -2.09. The number of carbonyl (C=O) groups is 1. The van der Waals surface area contributed by atoms with Gasteiger partial charge in [0.25, 0.3) is 0 Å². The van der Waals surface area contributed by atoms with E-state index < -0.39 is 5.67 Å². The van der Waals surface area contributed by atoms with E-state index in [2.05, 4.69) is 37.2 Å². The number of allylic oxidation sites excluding steroid dienone is 3. The summed E-state index contributed by atoms with van der Waals surface area (Å²) in [5.74, 6) is -0.365. The van der Waals surface area contributed by atoms with Crippen LogP contribution < -0.4 is 5.32 Å². The molecule has 0 spiro atoms. The number of carbonyl (C=O) groups excluding carboxylic acids is 1. The molecule has 2 atom stereocenters. The average Bonchev–Trinajstić information content (AvgIpc) is 3.30. The number of hydrogen-bond acceptors (Lipinski definition) is 1. The molecule has 2 aromatic carbocycles. The first-order valence-electron chi connectivity index (χ1n) is 8.66. The Morgan fingerprint density at radius 3 is 2.67 bits per heavy atom. The van der Waals surface area contributed by atoms with Gasteiger partial charge in [0.05, 0.1) is 0 Å². The molecule has 1 aliphatic rings. The second-order valence-corrected chi connectivity index (χ2v) is 8.59. The molecule has 1 aliphatic carbocycles. The summed E-state index contributed by atoms with van der Waals surface area (Å²) in [5, 5.41) is 2.85. The van der Waals surface area contributed by atoms with Gasteiger partial charge in [0.1, 0.15) is 5.67 Å². The van der Waals surface area contributed by atoms with Crippen molar-refractivity contribution in [2.45, 2.75) is 31.9 Å². The van der Waals surface area contributed by atoms with Crippen LogP contribution in [0.4, 0.5) is 10.1 Å². The molecule has 1 N–H and O–H groups in total. The number of halogens is 3. The van der Waals surface area contributed by atoms with Gasteiger partial charge in [0.15, 0.2) is 0 Å². The van der Waals surface area contributed by atoms with Gasteiger partial charge in [-0.2, -0.15) is 0 Å². The Morgan fingerprint density at radius 2 is 1.96 bits per heavy atom. The number of para-hydroxylation sites is 1. The summed E-state index contributed by atoms with van der Waals surface area (Å²) in [6, 6.07) is 13.4. The molecule has 0 radical (unpaired) electrons. The molecule has 140 valence electrons. The minimum Gasteiger partial charge on any atom is -0.322 e. The molecule has 0 saturated heterocycles. The van der Waals surface area contributed by atoms with E-state index in [4.69, 9.17) is 0 Å². The van der Waals surface area contributed by atoms with E-state index in [1.54, 1.807) is 19.1 Å². The first-order valence-corrected chi connectivity index (χ1v) is 10.2. The summed E-state index contributed by atoms with van der Waals surface area (Å²) >= 11 is 6.89. The highest BCUT2D eigenvalue weighted by Gasteiger charge is 2.54. The van der Waals surface area contributed by atoms with Gasteiger partial charge < -0.3 is 5.32 Å². The molecule has 2 nitrogen and oxygen atoms in total. The number of amides is 1. The van der Waals surface area contributed by atoms with Crippen molar-refractivity contribution in [1.29, 1.82) is 0 Å². The van der Waals surface area contributed by atoms with Crippen molar-refractivity contribution in [2.24, 2.45) is 0 Å². The molecule has 2 aromatic rings. The molecule has 27 heavy (non-hydrogen) atoms. The Kier molecular flexibility index (Phi) is 6.02. The number of rotatable bonds is 5. The van der Waals surface area contributed by atoms with Gasteiger partial charge in [-0.25, -0.2) is 4.39 Å². The normalized spacial score (nSPS) is 22.1. The zero-order chi connectivity index (χ0) is 19.6. The van der Waals surface area contributed by atoms with Crippen LogP contribution in [0, 0.1) is 6.92 Å². The molecule has 0 aromatic heterocycles. The molecular weight excluding hydrogens is 473 g/mol. The lowest BCUT2D eigenvalue weighted by Gasteiger charge is -2.06. The van der Waals surface area contributed by atoms with E-state index >= 15 is 0 Å². The second kappa shape index (κ2) is 8.11. The van der Waals surface area contributed by atoms with Crippen LogP contribution >= 0.6 is 31.9 Å². The van der Waals surface area contributed by atoms with Crippen molar-refractivity contribution < 1.29 is 9.18 Å². The van der Waals surface area contributed by atoms with Crippen molar-refractivity contribution in [1.82, 2.24) is 0 Å². The van der Waals surface area contributed by atoms with Crippen molar-refractivity contribution in [2.75, 3.05) is 5.32 Å². The zero-order valence-corrected chi connectivity index (χ0v) is 18.3. The number of alkyl halides is 1. The lowest BCUT2D eigenvalue weighted by molar-refractivity contribution is -0.111. The van der Waals surface area contributed by atoms with Crippen molar-refractivity contribution in [3.8, 4) is 0 Å². The van der Waals surface area contributed by atoms with Gasteiger partial charge in [-0.3, -0.25) is 4.79 Å². The smallest absolute Gasteiger partial charge is 0.248 e. The van der Waals surface area contributed by atoms with Crippen LogP contribution in [0.15, 0.2) is 75.2 Å². The van der Waals surface area contributed by atoms with Crippen LogP contribution in [0.2, 0.25) is 0 Å². The van der Waals surface area contributed by atoms with Crippen LogP contribution in [0.1, 0.15) is 30.4 Å². The van der Waals surface area contributed by atoms with Crippen LogP contribution in [-0.4, -0.2) is 11.6 Å². The maximum Gasteiger partial charge on any atom is 0.248 e. The SMILES string of the molecule is CC(/C=C/C1(F)CC1c1ccc(Br)c(Br)c1)=C\C(=O)Nc1ccccc1C. The summed E-state index contributed by atoms with van der Waals surface area (Å²) in [4.78, 5) is 12.1. The van der Waals surface area contributed by atoms with Gasteiger partial charge in [0, 0.05) is 26.6 Å². The van der Waals surface area contributed by atoms with Crippen LogP contribution in [-0.2, 0) is 4.79 Å². The van der Waals surface area contributed by atoms with Crippen molar-refractivity contribution in [3.63, 3.8) is 0 Å². The molecule has 1 amide bonds. The van der Waals surface area contributed by atoms with Crippen molar-refractivity contribution in [3.05, 3.63) is 86.3 Å². The van der Waals surface area contributed by atoms with Crippen LogP contribution in [0.5, 0.6) is 0 Å². The zero-order valence-electron chi connectivity index (χ0n) is 15.1. The minimum atomic E-state index is -1.35. The fraction of sp³-hybridized carbons (Fsp3) is 0.227. The fourth-order valence-electron chi connectivity index (χ4n) is 2.97. The van der Waals surface area contributed by atoms with E-state index in [9.17, 15) is 9.18 Å². The molecule has 0 heterocycles. The number of aryl methyl sites for hydroxylation is 1. The first-order chi connectivity index (χ1) is 12.8. The summed E-state index contributed by atoms with van der Waals surface area (Å²) in [6.07, 6.45) is 5.20. The Balaban J connectivity index is 1.63. The highest BCUT2D eigenvalue weighted by atomic mass is 79.9. The highest BCUT2D eigenvalue weighted by Crippen LogP contribution is 2.56. The third-order valence-electron chi connectivity index (χ3n) is 4.67. The van der Waals surface area contributed by atoms with Gasteiger partial charge in [-0.15, -0.1) is 0 Å². The Bertz CT molecular complexity index is 938. The fourth-order valence-corrected chi connectivity index (χ4v) is 3.61. The summed E-state index contributed by atoms with van der Waals surface area (Å²) < 4.78 is 16.8. The van der Waals surface area contributed by atoms with Gasteiger partial charge in [-0.05, 0) is 93.1 Å². The molecule has 3 rings (SSSR count). The number of anilines is 1. The van der Waals surface area contributed by atoms with E-state index in [1.165, 1.54) is 6.08 Å². The number of nitrogens with one attached hydrogen (secondary N) is 1. The molecule has 0 bridgehead atoms. The lowest BCUT2D eigenvalue weighted by atomic mass is 10.1. The first kappa shape index (κ1) is 20.0. The summed E-state index contributed by atoms with van der Waals surface area (Å²) in [6.45, 7) is 3.73. The van der Waals surface area contributed by atoms with E-state index in [-0.39, 0.29) is 11.8 Å². The van der Waals surface area contributed by atoms with Gasteiger partial charge in [0.2, 0.25) is 5.91 Å². The summed E-state index contributed by atoms with van der Waals surface area (Å²) in [7, 11) is 0. The standard InChI is InChI=1S/C22H20Br2FNO/c1-14(11-21(27)26-20-6-4-3-5-15(20)2)9-10-22(25)13-17(22)16-7-8-18(23)19(24)12-16/h3-12,17H,13H2,1-2H3,(H,26,27)/b10-9+,14-11+. The molecule has 5 heteroatoms. The monoisotopic (exact) mass is 491 g/mol. The van der Waals surface area contributed by atoms with E-state index in [0.29, 0.717) is 12.0 Å². The molecule has 1 saturated carbocycles. The average molecular weight is 493 g/mol. The minimum absolute atomic E-state index is 0.147. The van der Waals surface area contributed by atoms with Gasteiger partial charge >= 0.3 is 0 Å².